The average Bonchev–Trinajstić information content (AvgIpc) is 2.85. The molecule has 0 fully saturated rings. The maximum absolute atomic E-state index is 5.58. The highest BCUT2D eigenvalue weighted by Gasteiger charge is 2.09. The summed E-state index contributed by atoms with van der Waals surface area (Å²) in [6.07, 6.45) is 8.25. The number of para-hydroxylation sites is 1. The van der Waals surface area contributed by atoms with Gasteiger partial charge >= 0.3 is 0 Å². The second kappa shape index (κ2) is 7.34. The predicted octanol–water partition coefficient (Wildman–Crippen LogP) is 4.88. The molecule has 1 aromatic heterocycles. The topological polar surface area (TPSA) is 25.2 Å². The van der Waals surface area contributed by atoms with Crippen LogP contribution in [0.3, 0.4) is 0 Å². The highest BCUT2D eigenvalue weighted by atomic mass is 16.3. The average molecular weight is 259 g/mol. The lowest BCUT2D eigenvalue weighted by molar-refractivity contribution is 0.433. The first-order chi connectivity index (χ1) is 9.35. The first-order valence-electron chi connectivity index (χ1n) is 7.53. The van der Waals surface area contributed by atoms with Crippen LogP contribution in [0.5, 0.6) is 0 Å². The van der Waals surface area contributed by atoms with Crippen molar-refractivity contribution in [2.45, 2.75) is 58.5 Å². The van der Waals surface area contributed by atoms with Gasteiger partial charge in [0.15, 0.2) is 0 Å². The quantitative estimate of drug-likeness (QED) is 0.730. The minimum Gasteiger partial charge on any atom is -0.464 e. The molecule has 0 aliphatic heterocycles. The van der Waals surface area contributed by atoms with E-state index in [1.165, 1.54) is 43.1 Å². The Hall–Kier alpha value is -1.28. The molecule has 0 amide bonds. The molecule has 0 radical (unpaired) electrons. The van der Waals surface area contributed by atoms with Crippen molar-refractivity contribution in [1.82, 2.24) is 5.32 Å². The van der Waals surface area contributed by atoms with E-state index in [0.717, 1.165) is 12.1 Å². The van der Waals surface area contributed by atoms with Crippen molar-refractivity contribution in [3.63, 3.8) is 0 Å². The van der Waals surface area contributed by atoms with Crippen molar-refractivity contribution in [1.29, 1.82) is 0 Å². The first-order valence-corrected chi connectivity index (χ1v) is 7.53. The fraction of sp³-hybridized carbons (Fsp3) is 0.529. The summed E-state index contributed by atoms with van der Waals surface area (Å²) >= 11 is 0. The molecule has 19 heavy (non-hydrogen) atoms. The molecule has 0 aliphatic rings. The Morgan fingerprint density at radius 2 is 1.95 bits per heavy atom. The highest BCUT2D eigenvalue weighted by molar-refractivity contribution is 5.80. The second-order valence-corrected chi connectivity index (χ2v) is 5.27. The van der Waals surface area contributed by atoms with E-state index in [1.807, 2.05) is 18.4 Å². The number of unbranched alkanes of at least 4 members (excludes halogenated alkanes) is 1. The van der Waals surface area contributed by atoms with Gasteiger partial charge in [0, 0.05) is 23.5 Å². The van der Waals surface area contributed by atoms with Gasteiger partial charge in [0.2, 0.25) is 0 Å². The van der Waals surface area contributed by atoms with Gasteiger partial charge in [-0.05, 0) is 18.9 Å². The van der Waals surface area contributed by atoms with Crippen molar-refractivity contribution in [3.8, 4) is 0 Å². The molecule has 1 unspecified atom stereocenters. The molecule has 104 valence electrons. The Labute approximate surface area is 116 Å². The first kappa shape index (κ1) is 14.1. The van der Waals surface area contributed by atoms with Crippen LogP contribution in [-0.4, -0.2) is 6.04 Å². The van der Waals surface area contributed by atoms with Gasteiger partial charge in [-0.3, -0.25) is 0 Å². The molecule has 2 heteroatoms. The number of nitrogens with one attached hydrogen (secondary N) is 1. The number of hydrogen-bond donors (Lipinski definition) is 1. The normalized spacial score (nSPS) is 12.9. The van der Waals surface area contributed by atoms with Gasteiger partial charge in [0.05, 0.1) is 6.26 Å². The molecule has 1 N–H and O–H groups in total. The van der Waals surface area contributed by atoms with Gasteiger partial charge < -0.3 is 9.73 Å². The molecule has 1 aromatic carbocycles. The van der Waals surface area contributed by atoms with E-state index in [0.29, 0.717) is 6.04 Å². The van der Waals surface area contributed by atoms with Gasteiger partial charge in [0.25, 0.3) is 0 Å². The molecular formula is C17H25NO. The van der Waals surface area contributed by atoms with Crippen LogP contribution in [0, 0.1) is 0 Å². The predicted molar refractivity (Wildman–Crippen MR) is 81.3 cm³/mol. The van der Waals surface area contributed by atoms with Crippen molar-refractivity contribution < 1.29 is 4.42 Å². The van der Waals surface area contributed by atoms with Crippen LogP contribution in [0.2, 0.25) is 0 Å². The summed E-state index contributed by atoms with van der Waals surface area (Å²) in [5, 5.41) is 4.93. The summed E-state index contributed by atoms with van der Waals surface area (Å²) in [4.78, 5) is 0. The minimum atomic E-state index is 0.638. The van der Waals surface area contributed by atoms with Gasteiger partial charge in [-0.2, -0.15) is 0 Å². The summed E-state index contributed by atoms with van der Waals surface area (Å²) in [5.74, 6) is 0. The lowest BCUT2D eigenvalue weighted by Crippen LogP contribution is -2.28. The summed E-state index contributed by atoms with van der Waals surface area (Å²) in [5.41, 5.74) is 2.26. The maximum Gasteiger partial charge on any atom is 0.134 e. The largest absolute Gasteiger partial charge is 0.464 e. The van der Waals surface area contributed by atoms with Crippen LogP contribution in [0.1, 0.15) is 51.5 Å². The molecular weight excluding hydrogens is 234 g/mol. The molecule has 0 saturated heterocycles. The Morgan fingerprint density at radius 1 is 1.11 bits per heavy atom. The Kier molecular flexibility index (Phi) is 5.46. The molecule has 0 saturated carbocycles. The van der Waals surface area contributed by atoms with E-state index < -0.39 is 0 Å². The zero-order valence-electron chi connectivity index (χ0n) is 12.1. The number of hydrogen-bond acceptors (Lipinski definition) is 2. The van der Waals surface area contributed by atoms with E-state index in [-0.39, 0.29) is 0 Å². The summed E-state index contributed by atoms with van der Waals surface area (Å²) in [6, 6.07) is 8.89. The lowest BCUT2D eigenvalue weighted by atomic mass is 10.0. The summed E-state index contributed by atoms with van der Waals surface area (Å²) in [6.45, 7) is 5.42. The van der Waals surface area contributed by atoms with Crippen molar-refractivity contribution in [2.24, 2.45) is 0 Å². The molecule has 0 bridgehead atoms. The number of benzene rings is 1. The molecule has 0 aliphatic carbocycles. The zero-order valence-corrected chi connectivity index (χ0v) is 12.1. The third-order valence-corrected chi connectivity index (χ3v) is 3.69. The smallest absolute Gasteiger partial charge is 0.134 e. The standard InChI is InChI=1S/C17H25NO/c1-3-5-9-15(8-4-2)18-12-14-13-19-17-11-7-6-10-16(14)17/h6-7,10-11,13,15,18H,3-5,8-9,12H2,1-2H3. The van der Waals surface area contributed by atoms with Crippen LogP contribution in [0.25, 0.3) is 11.0 Å². The van der Waals surface area contributed by atoms with Crippen molar-refractivity contribution >= 4 is 11.0 Å². The summed E-state index contributed by atoms with van der Waals surface area (Å²) < 4.78 is 5.58. The fourth-order valence-electron chi connectivity index (χ4n) is 2.57. The zero-order chi connectivity index (χ0) is 13.5. The molecule has 2 nitrogen and oxygen atoms in total. The molecule has 2 rings (SSSR count). The van der Waals surface area contributed by atoms with Crippen LogP contribution in [0.15, 0.2) is 34.9 Å². The lowest BCUT2D eigenvalue weighted by Gasteiger charge is -2.17. The third kappa shape index (κ3) is 3.84. The number of fused-ring (bicyclic) bond motifs is 1. The molecule has 0 spiro atoms. The maximum atomic E-state index is 5.58. The van der Waals surface area contributed by atoms with E-state index in [4.69, 9.17) is 4.42 Å². The van der Waals surface area contributed by atoms with Crippen molar-refractivity contribution in [2.75, 3.05) is 0 Å². The van der Waals surface area contributed by atoms with Gasteiger partial charge in [-0.1, -0.05) is 51.3 Å². The van der Waals surface area contributed by atoms with Crippen LogP contribution in [0.4, 0.5) is 0 Å². The van der Waals surface area contributed by atoms with Gasteiger partial charge in [-0.15, -0.1) is 0 Å². The number of furan rings is 1. The molecule has 1 atom stereocenters. The van der Waals surface area contributed by atoms with E-state index in [2.05, 4.69) is 31.3 Å². The fourth-order valence-corrected chi connectivity index (χ4v) is 2.57. The Balaban J connectivity index is 1.96. The monoisotopic (exact) mass is 259 g/mol. The summed E-state index contributed by atoms with van der Waals surface area (Å²) in [7, 11) is 0. The molecule has 2 aromatic rings. The van der Waals surface area contributed by atoms with Crippen LogP contribution >= 0.6 is 0 Å². The third-order valence-electron chi connectivity index (χ3n) is 3.69. The van der Waals surface area contributed by atoms with Crippen LogP contribution < -0.4 is 5.32 Å². The molecule has 1 heterocycles. The Bertz CT molecular complexity index is 489. The van der Waals surface area contributed by atoms with E-state index >= 15 is 0 Å². The van der Waals surface area contributed by atoms with Crippen molar-refractivity contribution in [3.05, 3.63) is 36.1 Å². The SMILES string of the molecule is CCCCC(CCC)NCc1coc2ccccc12. The highest BCUT2D eigenvalue weighted by Crippen LogP contribution is 2.21. The van der Waals surface area contributed by atoms with Gasteiger partial charge in [0.1, 0.15) is 5.58 Å². The van der Waals surface area contributed by atoms with Gasteiger partial charge in [-0.25, -0.2) is 0 Å². The second-order valence-electron chi connectivity index (χ2n) is 5.27. The minimum absolute atomic E-state index is 0.638. The van der Waals surface area contributed by atoms with Crippen LogP contribution in [-0.2, 0) is 6.54 Å². The number of rotatable bonds is 8. The van der Waals surface area contributed by atoms with E-state index in [1.54, 1.807) is 0 Å². The van der Waals surface area contributed by atoms with E-state index in [9.17, 15) is 0 Å². The Morgan fingerprint density at radius 3 is 2.74 bits per heavy atom.